The zero-order chi connectivity index (χ0) is 36.5. The molecule has 0 spiro atoms. The number of aromatic hydroxyl groups is 3. The average Bonchev–Trinajstić information content (AvgIpc) is 3.08. The number of aliphatic hydroxyl groups excluding tert-OH is 5. The lowest BCUT2D eigenvalue weighted by molar-refractivity contribution is -0.326. The summed E-state index contributed by atoms with van der Waals surface area (Å²) in [7, 11) is 0. The van der Waals surface area contributed by atoms with Gasteiger partial charge in [-0.2, -0.15) is 0 Å². The molecule has 0 aliphatic carbocycles. The van der Waals surface area contributed by atoms with Crippen LogP contribution in [0.5, 0.6) is 23.0 Å². The Labute approximate surface area is 290 Å². The molecule has 4 rings (SSSR count). The van der Waals surface area contributed by atoms with E-state index < -0.39 is 97.8 Å². The van der Waals surface area contributed by atoms with E-state index in [0.29, 0.717) is 18.1 Å². The molecule has 15 heteroatoms. The minimum absolute atomic E-state index is 0.130. The van der Waals surface area contributed by atoms with Gasteiger partial charge in [-0.1, -0.05) is 58.2 Å². The number of hydrogen-bond donors (Lipinski definition) is 8. The van der Waals surface area contributed by atoms with Crippen molar-refractivity contribution in [3.05, 3.63) is 48.0 Å². The molecule has 11 atom stereocenters. The Hall–Kier alpha value is -3.25. The Bertz CT molecular complexity index is 1320. The lowest BCUT2D eigenvalue weighted by Crippen LogP contribution is -2.63. The summed E-state index contributed by atoms with van der Waals surface area (Å²) in [6, 6.07) is 10.2. The van der Waals surface area contributed by atoms with Crippen molar-refractivity contribution in [2.24, 2.45) is 11.8 Å². The summed E-state index contributed by atoms with van der Waals surface area (Å²) in [5.41, 5.74) is -0.359. The highest BCUT2D eigenvalue weighted by molar-refractivity contribution is 5.91. The van der Waals surface area contributed by atoms with Crippen LogP contribution in [0.1, 0.15) is 56.8 Å². The van der Waals surface area contributed by atoms with E-state index in [9.17, 15) is 45.6 Å². The summed E-state index contributed by atoms with van der Waals surface area (Å²) in [6.07, 6.45) is -11.1. The third kappa shape index (κ3) is 10.2. The molecule has 2 aliphatic heterocycles. The smallest absolute Gasteiger partial charge is 0.340 e. The molecule has 2 aromatic rings. The van der Waals surface area contributed by atoms with E-state index in [4.69, 9.17) is 28.4 Å². The quantitative estimate of drug-likeness (QED) is 0.0912. The topological polar surface area (TPSA) is 234 Å². The third-order valence-corrected chi connectivity index (χ3v) is 8.83. The Morgan fingerprint density at radius 1 is 0.780 bits per heavy atom. The molecule has 280 valence electrons. The summed E-state index contributed by atoms with van der Waals surface area (Å²) in [5, 5.41) is 83.2. The molecule has 8 N–H and O–H groups in total. The summed E-state index contributed by atoms with van der Waals surface area (Å²) in [5.74, 6) is -2.30. The molecular weight excluding hydrogens is 660 g/mol. The predicted octanol–water partition coefficient (Wildman–Crippen LogP) is 1.55. The Kier molecular flexibility index (Phi) is 14.5. The lowest BCUT2D eigenvalue weighted by atomic mass is 9.97. The normalized spacial score (nSPS) is 30.6. The van der Waals surface area contributed by atoms with Gasteiger partial charge in [0.1, 0.15) is 48.5 Å². The van der Waals surface area contributed by atoms with Crippen LogP contribution in [0.25, 0.3) is 0 Å². The number of phenols is 3. The first-order valence-corrected chi connectivity index (χ1v) is 16.9. The highest BCUT2D eigenvalue weighted by Crippen LogP contribution is 2.36. The number of rotatable bonds is 16. The number of benzene rings is 2. The zero-order valence-electron chi connectivity index (χ0n) is 28.4. The molecule has 0 amide bonds. The van der Waals surface area contributed by atoms with E-state index in [1.54, 1.807) is 30.3 Å². The molecule has 0 radical (unpaired) electrons. The van der Waals surface area contributed by atoms with Crippen molar-refractivity contribution in [3.63, 3.8) is 0 Å². The van der Waals surface area contributed by atoms with Crippen LogP contribution in [-0.2, 0) is 23.7 Å². The molecule has 15 nitrogen and oxygen atoms in total. The highest BCUT2D eigenvalue weighted by Gasteiger charge is 2.50. The fourth-order valence-corrected chi connectivity index (χ4v) is 5.82. The van der Waals surface area contributed by atoms with E-state index in [-0.39, 0.29) is 18.1 Å². The van der Waals surface area contributed by atoms with Crippen molar-refractivity contribution >= 4 is 5.97 Å². The van der Waals surface area contributed by atoms with E-state index >= 15 is 0 Å². The number of para-hydroxylation sites is 1. The van der Waals surface area contributed by atoms with Crippen LogP contribution in [0, 0.1) is 11.8 Å². The second kappa shape index (κ2) is 18.3. The fourth-order valence-electron chi connectivity index (χ4n) is 5.82. The molecule has 0 saturated carbocycles. The van der Waals surface area contributed by atoms with Crippen LogP contribution in [-0.4, -0.2) is 128 Å². The summed E-state index contributed by atoms with van der Waals surface area (Å²) < 4.78 is 34.4. The number of carbonyl (C=O) groups excluding carboxylic acids is 1. The molecule has 0 bridgehead atoms. The summed E-state index contributed by atoms with van der Waals surface area (Å²) >= 11 is 0. The van der Waals surface area contributed by atoms with Gasteiger partial charge in [-0.15, -0.1) is 0 Å². The first kappa shape index (κ1) is 39.5. The number of hydrogen-bond acceptors (Lipinski definition) is 15. The van der Waals surface area contributed by atoms with Gasteiger partial charge in [0.05, 0.1) is 18.8 Å². The monoisotopic (exact) mass is 710 g/mol. The molecule has 2 aromatic carbocycles. The Morgan fingerprint density at radius 3 is 2.06 bits per heavy atom. The summed E-state index contributed by atoms with van der Waals surface area (Å²) in [4.78, 5) is 13.1. The molecule has 0 aromatic heterocycles. The second-order valence-corrected chi connectivity index (χ2v) is 13.3. The third-order valence-electron chi connectivity index (χ3n) is 8.83. The first-order valence-electron chi connectivity index (χ1n) is 16.9. The van der Waals surface area contributed by atoms with Crippen LogP contribution in [0.4, 0.5) is 0 Å². The Morgan fingerprint density at radius 2 is 1.42 bits per heavy atom. The van der Waals surface area contributed by atoms with Crippen molar-refractivity contribution in [2.45, 2.75) is 108 Å². The van der Waals surface area contributed by atoms with Crippen molar-refractivity contribution < 1.29 is 74.1 Å². The van der Waals surface area contributed by atoms with E-state index in [1.807, 2.05) is 0 Å². The number of phenolic OH excluding ortho intramolecular Hbond substituents is 3. The second-order valence-electron chi connectivity index (χ2n) is 13.3. The predicted molar refractivity (Wildman–Crippen MR) is 174 cm³/mol. The number of aliphatic hydroxyl groups is 5. The Balaban J connectivity index is 1.44. The first-order chi connectivity index (χ1) is 23.8. The van der Waals surface area contributed by atoms with Gasteiger partial charge in [-0.3, -0.25) is 0 Å². The largest absolute Gasteiger partial charge is 0.504 e. The van der Waals surface area contributed by atoms with Crippen molar-refractivity contribution in [3.8, 4) is 23.0 Å². The number of esters is 1. The van der Waals surface area contributed by atoms with Crippen molar-refractivity contribution in [1.29, 1.82) is 0 Å². The highest BCUT2D eigenvalue weighted by atomic mass is 16.7. The van der Waals surface area contributed by atoms with Crippen LogP contribution >= 0.6 is 0 Å². The summed E-state index contributed by atoms with van der Waals surface area (Å²) in [6.45, 7) is 5.35. The molecular formula is C35H50O15. The van der Waals surface area contributed by atoms with Gasteiger partial charge < -0.3 is 69.3 Å². The van der Waals surface area contributed by atoms with E-state index in [0.717, 1.165) is 31.4 Å². The maximum Gasteiger partial charge on any atom is 0.340 e. The van der Waals surface area contributed by atoms with Crippen LogP contribution in [0.15, 0.2) is 42.5 Å². The standard InChI is InChI=1S/C35H50O15/c1-18(2)8-7-9-19(3)12-13-45-32-28(41)27(40)25(49-35(32)50-33(44)20-14-22(37)26(39)23(38)15-20)17-46-34-30(43)29(42)31(24(16-36)48-34)47-21-10-5-4-6-11-21/h4-6,10-11,14-15,18-19,24-25,27-32,34-43H,7-9,12-13,16-17H2,1-3H3/t19-,24+,25+,27+,28-,29+,30+,31+,32+,34+,35-/m0/s1. The van der Waals surface area contributed by atoms with Gasteiger partial charge in [-0.25, -0.2) is 4.79 Å². The average molecular weight is 711 g/mol. The van der Waals surface area contributed by atoms with Gasteiger partial charge >= 0.3 is 5.97 Å². The van der Waals surface area contributed by atoms with Crippen LogP contribution in [0.3, 0.4) is 0 Å². The van der Waals surface area contributed by atoms with Gasteiger partial charge in [0.15, 0.2) is 29.6 Å². The minimum atomic E-state index is -1.67. The zero-order valence-corrected chi connectivity index (χ0v) is 28.4. The molecule has 2 fully saturated rings. The van der Waals surface area contributed by atoms with Gasteiger partial charge in [-0.05, 0) is 42.5 Å². The fraction of sp³-hybridized carbons (Fsp3) is 0.629. The molecule has 50 heavy (non-hydrogen) atoms. The van der Waals surface area contributed by atoms with Crippen LogP contribution in [0.2, 0.25) is 0 Å². The van der Waals surface area contributed by atoms with E-state index in [2.05, 4.69) is 20.8 Å². The van der Waals surface area contributed by atoms with Gasteiger partial charge in [0.25, 0.3) is 0 Å². The van der Waals surface area contributed by atoms with Gasteiger partial charge in [0, 0.05) is 6.61 Å². The van der Waals surface area contributed by atoms with Crippen molar-refractivity contribution in [2.75, 3.05) is 19.8 Å². The number of ether oxygens (including phenoxy) is 6. The molecule has 2 aliphatic rings. The van der Waals surface area contributed by atoms with E-state index in [1.165, 1.54) is 0 Å². The molecule has 2 heterocycles. The molecule has 0 unspecified atom stereocenters. The maximum absolute atomic E-state index is 13.1. The maximum atomic E-state index is 13.1. The SMILES string of the molecule is CC(C)CCC[C@H](C)CCO[C@H]1[C@H](OC(=O)c2cc(O)c(O)c(O)c2)O[C@H](CO[C@@H]2O[C@H](CO)[C@@H](Oc3ccccc3)[C@H](O)[C@H]2O)[C@@H](O)[C@@H]1O. The lowest BCUT2D eigenvalue weighted by Gasteiger charge is -2.44. The minimum Gasteiger partial charge on any atom is -0.504 e. The van der Waals surface area contributed by atoms with Crippen molar-refractivity contribution in [1.82, 2.24) is 0 Å². The molecule has 2 saturated heterocycles. The van der Waals surface area contributed by atoms with Gasteiger partial charge in [0.2, 0.25) is 6.29 Å². The number of carbonyl (C=O) groups is 1. The van der Waals surface area contributed by atoms with Crippen LogP contribution < -0.4 is 4.74 Å².